The van der Waals surface area contributed by atoms with Gasteiger partial charge in [0.15, 0.2) is 0 Å². The Labute approximate surface area is 118 Å². The summed E-state index contributed by atoms with van der Waals surface area (Å²) in [7, 11) is -3.37. The van der Waals surface area contributed by atoms with E-state index in [4.69, 9.17) is 0 Å². The number of nitrogens with one attached hydrogen (secondary N) is 1. The van der Waals surface area contributed by atoms with E-state index >= 15 is 0 Å². The summed E-state index contributed by atoms with van der Waals surface area (Å²) in [5.74, 6) is 0. The highest BCUT2D eigenvalue weighted by Crippen LogP contribution is 2.45. The molecule has 0 aromatic heterocycles. The highest BCUT2D eigenvalue weighted by Gasteiger charge is 2.36. The maximum Gasteiger partial charge on any atom is 0.265 e. The van der Waals surface area contributed by atoms with Gasteiger partial charge in [0.25, 0.3) is 10.0 Å². The van der Waals surface area contributed by atoms with E-state index in [0.29, 0.717) is 11.4 Å². The molecule has 2 aromatic carbocycles. The maximum atomic E-state index is 12.7. The zero-order chi connectivity index (χ0) is 13.9. The molecule has 0 unspecified atom stereocenters. The van der Waals surface area contributed by atoms with Crippen LogP contribution < -0.4 is 9.62 Å². The molecular formula is C15H16N2O2S. The maximum absolute atomic E-state index is 12.7. The minimum Gasteiger partial charge on any atom is -0.309 e. The average molecular weight is 288 g/mol. The van der Waals surface area contributed by atoms with Gasteiger partial charge in [-0.15, -0.1) is 0 Å². The number of anilines is 1. The van der Waals surface area contributed by atoms with Crippen molar-refractivity contribution in [3.8, 4) is 0 Å². The topological polar surface area (TPSA) is 49.4 Å². The first kappa shape index (κ1) is 12.2. The first-order valence-corrected chi connectivity index (χ1v) is 8.39. The van der Waals surface area contributed by atoms with Gasteiger partial charge in [-0.2, -0.15) is 0 Å². The number of sulfonamides is 1. The molecule has 20 heavy (non-hydrogen) atoms. The smallest absolute Gasteiger partial charge is 0.265 e. The Morgan fingerprint density at radius 3 is 2.50 bits per heavy atom. The monoisotopic (exact) mass is 288 g/mol. The van der Waals surface area contributed by atoms with Crippen molar-refractivity contribution < 1.29 is 8.42 Å². The van der Waals surface area contributed by atoms with E-state index in [2.05, 4.69) is 11.4 Å². The second kappa shape index (κ2) is 3.96. The molecule has 0 saturated heterocycles. The van der Waals surface area contributed by atoms with Gasteiger partial charge in [0.05, 0.1) is 10.6 Å². The van der Waals surface area contributed by atoms with Gasteiger partial charge in [0.1, 0.15) is 0 Å². The molecule has 0 amide bonds. The molecule has 2 heterocycles. The Morgan fingerprint density at radius 2 is 1.80 bits per heavy atom. The molecule has 0 atom stereocenters. The minimum atomic E-state index is -3.37. The van der Waals surface area contributed by atoms with E-state index in [1.54, 1.807) is 10.4 Å². The van der Waals surface area contributed by atoms with E-state index in [1.165, 1.54) is 11.1 Å². The summed E-state index contributed by atoms with van der Waals surface area (Å²) in [6, 6.07) is 7.73. The second-order valence-corrected chi connectivity index (χ2v) is 7.23. The first-order chi connectivity index (χ1) is 9.64. The van der Waals surface area contributed by atoms with Gasteiger partial charge in [-0.3, -0.25) is 4.31 Å². The van der Waals surface area contributed by atoms with Crippen LogP contribution in [0.25, 0.3) is 10.8 Å². The lowest BCUT2D eigenvalue weighted by Gasteiger charge is -2.20. The number of rotatable bonds is 2. The fourth-order valence-corrected chi connectivity index (χ4v) is 5.11. The predicted molar refractivity (Wildman–Crippen MR) is 79.3 cm³/mol. The van der Waals surface area contributed by atoms with Crippen LogP contribution in [0.1, 0.15) is 24.5 Å². The standard InChI is InChI=1S/C15H16N2O2S/c1-2-7-17-12-5-3-10-8-16-9-11-4-6-13(20(17,18)19)15(12)14(10)11/h3-6,16H,2,7-9H2,1H3. The zero-order valence-electron chi connectivity index (χ0n) is 11.3. The summed E-state index contributed by atoms with van der Waals surface area (Å²) < 4.78 is 27.0. The molecule has 1 N–H and O–H groups in total. The average Bonchev–Trinajstić information content (AvgIpc) is 2.67. The summed E-state index contributed by atoms with van der Waals surface area (Å²) in [4.78, 5) is 0.475. The van der Waals surface area contributed by atoms with Gasteiger partial charge in [0.2, 0.25) is 0 Å². The Bertz CT molecular complexity index is 817. The van der Waals surface area contributed by atoms with Gasteiger partial charge in [-0.25, -0.2) is 8.42 Å². The molecule has 5 heteroatoms. The molecule has 2 aliphatic rings. The molecule has 0 radical (unpaired) electrons. The summed E-state index contributed by atoms with van der Waals surface area (Å²) in [5, 5.41) is 5.42. The molecule has 0 spiro atoms. The Morgan fingerprint density at radius 1 is 1.10 bits per heavy atom. The van der Waals surface area contributed by atoms with E-state index in [9.17, 15) is 8.42 Å². The fourth-order valence-electron chi connectivity index (χ4n) is 3.34. The summed E-state index contributed by atoms with van der Waals surface area (Å²) in [6.45, 7) is 4.16. The highest BCUT2D eigenvalue weighted by molar-refractivity contribution is 7.93. The third-order valence-electron chi connectivity index (χ3n) is 4.17. The largest absolute Gasteiger partial charge is 0.309 e. The van der Waals surface area contributed by atoms with Crippen LogP contribution in [0.4, 0.5) is 5.69 Å². The quantitative estimate of drug-likeness (QED) is 0.923. The fraction of sp³-hybridized carbons (Fsp3) is 0.333. The third kappa shape index (κ3) is 1.37. The third-order valence-corrected chi connectivity index (χ3v) is 6.02. The van der Waals surface area contributed by atoms with Crippen LogP contribution in [0.15, 0.2) is 29.2 Å². The predicted octanol–water partition coefficient (Wildman–Crippen LogP) is 2.36. The molecule has 4 nitrogen and oxygen atoms in total. The van der Waals surface area contributed by atoms with E-state index < -0.39 is 10.0 Å². The van der Waals surface area contributed by atoms with Crippen molar-refractivity contribution in [2.24, 2.45) is 0 Å². The second-order valence-electron chi connectivity index (χ2n) is 5.40. The van der Waals surface area contributed by atoms with Crippen LogP contribution in [0.2, 0.25) is 0 Å². The van der Waals surface area contributed by atoms with Crippen LogP contribution in [-0.2, 0) is 23.1 Å². The molecule has 104 valence electrons. The Kier molecular flexibility index (Phi) is 2.41. The highest BCUT2D eigenvalue weighted by atomic mass is 32.2. The van der Waals surface area contributed by atoms with E-state index in [-0.39, 0.29) is 0 Å². The van der Waals surface area contributed by atoms with E-state index in [0.717, 1.165) is 36.0 Å². The van der Waals surface area contributed by atoms with E-state index in [1.807, 2.05) is 19.1 Å². The van der Waals surface area contributed by atoms with Crippen LogP contribution >= 0.6 is 0 Å². The van der Waals surface area contributed by atoms with Crippen molar-refractivity contribution in [3.05, 3.63) is 35.4 Å². The molecular weight excluding hydrogens is 272 g/mol. The van der Waals surface area contributed by atoms with Crippen molar-refractivity contribution in [3.63, 3.8) is 0 Å². The number of hydrogen-bond acceptors (Lipinski definition) is 3. The zero-order valence-corrected chi connectivity index (χ0v) is 12.1. The molecule has 0 saturated carbocycles. The SMILES string of the molecule is CCCN1c2ccc3c4c(ccc(c24)S1(=O)=O)CNC3. The van der Waals surface area contributed by atoms with Crippen LogP contribution in [-0.4, -0.2) is 15.0 Å². The number of nitrogens with zero attached hydrogens (tertiary/aromatic N) is 1. The molecule has 2 aliphatic heterocycles. The lowest BCUT2D eigenvalue weighted by atomic mass is 9.95. The normalized spacial score (nSPS) is 18.8. The molecule has 0 aliphatic carbocycles. The van der Waals surface area contributed by atoms with Crippen molar-refractivity contribution >= 4 is 26.5 Å². The van der Waals surface area contributed by atoms with Gasteiger partial charge >= 0.3 is 0 Å². The number of benzene rings is 2. The van der Waals surface area contributed by atoms with Crippen molar-refractivity contribution in [2.45, 2.75) is 31.3 Å². The Hall–Kier alpha value is -1.59. The summed E-state index contributed by atoms with van der Waals surface area (Å²) in [5.41, 5.74) is 3.24. The van der Waals surface area contributed by atoms with Gasteiger partial charge < -0.3 is 5.32 Å². The van der Waals surface area contributed by atoms with Gasteiger partial charge in [-0.05, 0) is 35.1 Å². The van der Waals surface area contributed by atoms with Gasteiger partial charge in [0, 0.05) is 25.0 Å². The lowest BCUT2D eigenvalue weighted by Crippen LogP contribution is -2.27. The summed E-state index contributed by atoms with van der Waals surface area (Å²) in [6.07, 6.45) is 0.810. The van der Waals surface area contributed by atoms with Crippen molar-refractivity contribution in [1.29, 1.82) is 0 Å². The molecule has 4 rings (SSSR count). The number of hydrogen-bond donors (Lipinski definition) is 1. The summed E-state index contributed by atoms with van der Waals surface area (Å²) >= 11 is 0. The molecule has 0 bridgehead atoms. The molecule has 0 fully saturated rings. The lowest BCUT2D eigenvalue weighted by molar-refractivity contribution is 0.593. The molecule has 2 aromatic rings. The minimum absolute atomic E-state index is 0.475. The first-order valence-electron chi connectivity index (χ1n) is 6.95. The van der Waals surface area contributed by atoms with Crippen LogP contribution in [0.5, 0.6) is 0 Å². The van der Waals surface area contributed by atoms with Crippen molar-refractivity contribution in [2.75, 3.05) is 10.8 Å². The Balaban J connectivity index is 2.14. The van der Waals surface area contributed by atoms with Gasteiger partial charge in [-0.1, -0.05) is 19.1 Å². The van der Waals surface area contributed by atoms with Crippen LogP contribution in [0.3, 0.4) is 0 Å². The van der Waals surface area contributed by atoms with Crippen LogP contribution in [0, 0.1) is 0 Å². The van der Waals surface area contributed by atoms with Crippen molar-refractivity contribution in [1.82, 2.24) is 5.32 Å².